The monoisotopic (exact) mass is 794 g/mol. The Balaban J connectivity index is 1.62. The molecule has 2 bridgehead atoms. The lowest BCUT2D eigenvalue weighted by atomic mass is 9.45. The highest BCUT2D eigenvalue weighted by Crippen LogP contribution is 2.65. The number of alkyl halides is 1. The van der Waals surface area contributed by atoms with Gasteiger partial charge in [-0.15, -0.1) is 0 Å². The van der Waals surface area contributed by atoms with Crippen LogP contribution in [0.15, 0.2) is 72.0 Å². The van der Waals surface area contributed by atoms with Crippen LogP contribution in [-0.2, 0) is 44.3 Å². The molecule has 1 unspecified atom stereocenters. The molecule has 1 saturated heterocycles. The molecule has 11 nitrogen and oxygen atoms in total. The molecule has 1 heterocycles. The molecule has 2 aromatic rings. The molecule has 0 aromatic heterocycles. The van der Waals surface area contributed by atoms with Gasteiger partial charge in [-0.1, -0.05) is 90.1 Å². The van der Waals surface area contributed by atoms with Gasteiger partial charge in [0, 0.05) is 31.1 Å². The van der Waals surface area contributed by atoms with Crippen LogP contribution < -0.4 is 0 Å². The lowest BCUT2D eigenvalue weighted by molar-refractivity contribution is -0.340. The molecule has 1 N–H and O–H groups in total. The molecule has 1 aliphatic heterocycles. The number of aliphatic hydroxyl groups is 1. The first kappa shape index (κ1) is 41.7. The zero-order valence-corrected chi connectivity index (χ0v) is 34.6. The Hall–Kier alpha value is -3.91. The number of benzene rings is 2. The lowest BCUT2D eigenvalue weighted by Gasteiger charge is -2.67. The van der Waals surface area contributed by atoms with Gasteiger partial charge in [-0.25, -0.2) is 14.0 Å². The smallest absolute Gasteiger partial charge is 0.455 e. The molecule has 2 aromatic carbocycles. The van der Waals surface area contributed by atoms with Crippen LogP contribution in [0.1, 0.15) is 84.2 Å². The summed E-state index contributed by atoms with van der Waals surface area (Å²) in [5.41, 5.74) is -6.49. The van der Waals surface area contributed by atoms with Crippen molar-refractivity contribution in [1.29, 1.82) is 0 Å². The molecule has 6 rings (SSSR count). The number of fused-ring (bicyclic) bond motifs is 5. The van der Waals surface area contributed by atoms with Crippen LogP contribution in [-0.4, -0.2) is 79.6 Å². The molecule has 3 fully saturated rings. The van der Waals surface area contributed by atoms with Crippen LogP contribution in [0.5, 0.6) is 0 Å². The van der Waals surface area contributed by atoms with E-state index < -0.39 is 96.3 Å². The molecular formula is C43H55FO11Si. The summed E-state index contributed by atoms with van der Waals surface area (Å²) < 4.78 is 54.4. The van der Waals surface area contributed by atoms with Crippen LogP contribution in [0.25, 0.3) is 0 Å². The van der Waals surface area contributed by atoms with Crippen LogP contribution in [0.4, 0.5) is 9.18 Å². The van der Waals surface area contributed by atoms with Crippen LogP contribution in [0, 0.1) is 22.7 Å². The first-order valence-corrected chi connectivity index (χ1v) is 22.3. The summed E-state index contributed by atoms with van der Waals surface area (Å²) in [4.78, 5) is 56.5. The Morgan fingerprint density at radius 2 is 1.57 bits per heavy atom. The van der Waals surface area contributed by atoms with Gasteiger partial charge >= 0.3 is 18.1 Å². The molecular weight excluding hydrogens is 740 g/mol. The summed E-state index contributed by atoms with van der Waals surface area (Å²) in [7, 11) is -2.45. The summed E-state index contributed by atoms with van der Waals surface area (Å²) in [6.07, 6.45) is -7.09. The topological polar surface area (TPSA) is 144 Å². The van der Waals surface area contributed by atoms with Crippen molar-refractivity contribution in [3.05, 3.63) is 83.1 Å². The quantitative estimate of drug-likeness (QED) is 0.136. The first-order chi connectivity index (χ1) is 26.4. The van der Waals surface area contributed by atoms with E-state index in [9.17, 15) is 19.5 Å². The van der Waals surface area contributed by atoms with Crippen LogP contribution in [0.2, 0.25) is 18.1 Å². The molecule has 2 saturated carbocycles. The number of Topliss-reactive ketones (excluding diaryl/α,β-unsaturated/α-hetero) is 1. The van der Waals surface area contributed by atoms with E-state index in [1.54, 1.807) is 68.4 Å². The summed E-state index contributed by atoms with van der Waals surface area (Å²) in [5, 5.41) is 13.7. The first-order valence-electron chi connectivity index (χ1n) is 19.7. The van der Waals surface area contributed by atoms with Crippen molar-refractivity contribution < 1.29 is 56.8 Å². The van der Waals surface area contributed by atoms with Crippen molar-refractivity contribution in [2.45, 2.75) is 129 Å². The second-order valence-corrected chi connectivity index (χ2v) is 21.4. The van der Waals surface area contributed by atoms with E-state index in [1.807, 2.05) is 13.0 Å². The third kappa shape index (κ3) is 6.71. The number of hydrogen-bond donors (Lipinski definition) is 1. The second kappa shape index (κ2) is 15.4. The average molecular weight is 795 g/mol. The van der Waals surface area contributed by atoms with E-state index >= 15 is 9.18 Å². The fraction of sp³-hybridized carbons (Fsp3) is 0.581. The molecule has 9 atom stereocenters. The van der Waals surface area contributed by atoms with Gasteiger partial charge in [-0.3, -0.25) is 9.59 Å². The molecule has 0 radical (unpaired) electrons. The number of rotatable bonds is 11. The zero-order chi connectivity index (χ0) is 40.8. The zero-order valence-electron chi connectivity index (χ0n) is 33.6. The lowest BCUT2D eigenvalue weighted by Crippen LogP contribution is -2.80. The summed E-state index contributed by atoms with van der Waals surface area (Å²) >= 11 is 0. The number of carbonyl (C=O) groups is 4. The minimum Gasteiger partial charge on any atom is -0.455 e. The molecule has 13 heteroatoms. The highest BCUT2D eigenvalue weighted by atomic mass is 28.4. The normalized spacial score (nSPS) is 33.4. The Labute approximate surface area is 329 Å². The Bertz CT molecular complexity index is 1840. The third-order valence-corrected chi connectivity index (χ3v) is 18.3. The summed E-state index contributed by atoms with van der Waals surface area (Å²) in [5.74, 6) is -5.10. The Kier molecular flexibility index (Phi) is 11.5. The highest BCUT2D eigenvalue weighted by Gasteiger charge is 2.78. The van der Waals surface area contributed by atoms with Crippen LogP contribution in [0.3, 0.4) is 0 Å². The van der Waals surface area contributed by atoms with E-state index in [0.29, 0.717) is 5.56 Å². The number of esters is 2. The van der Waals surface area contributed by atoms with Gasteiger partial charge < -0.3 is 33.2 Å². The third-order valence-electron chi connectivity index (χ3n) is 13.6. The predicted octanol–water partition coefficient (Wildman–Crippen LogP) is 7.65. The molecule has 4 aliphatic rings. The number of ketones is 1. The van der Waals surface area contributed by atoms with E-state index in [-0.39, 0.29) is 37.2 Å². The second-order valence-electron chi connectivity index (χ2n) is 16.6. The number of halogens is 1. The van der Waals surface area contributed by atoms with Gasteiger partial charge in [0.1, 0.15) is 30.6 Å². The summed E-state index contributed by atoms with van der Waals surface area (Å²) in [6, 6.07) is 19.4. The van der Waals surface area contributed by atoms with Gasteiger partial charge in [0.05, 0.1) is 29.6 Å². The van der Waals surface area contributed by atoms with Crippen molar-refractivity contribution >= 4 is 32.2 Å². The fourth-order valence-electron chi connectivity index (χ4n) is 9.99. The molecule has 304 valence electrons. The van der Waals surface area contributed by atoms with Crippen molar-refractivity contribution in [3.63, 3.8) is 0 Å². The highest BCUT2D eigenvalue weighted by molar-refractivity contribution is 6.73. The molecule has 56 heavy (non-hydrogen) atoms. The van der Waals surface area contributed by atoms with E-state index in [2.05, 4.69) is 20.8 Å². The van der Waals surface area contributed by atoms with Gasteiger partial charge in [0.25, 0.3) is 0 Å². The van der Waals surface area contributed by atoms with Gasteiger partial charge in [-0.05, 0) is 48.3 Å². The maximum absolute atomic E-state index is 17.3. The fourth-order valence-corrected chi connectivity index (χ4v) is 12.9. The largest absolute Gasteiger partial charge is 0.514 e. The van der Waals surface area contributed by atoms with Crippen molar-refractivity contribution in [1.82, 2.24) is 0 Å². The molecule has 0 spiro atoms. The predicted molar refractivity (Wildman–Crippen MR) is 205 cm³/mol. The maximum atomic E-state index is 17.3. The minimum atomic E-state index is -2.45. The average Bonchev–Trinajstić information content (AvgIpc) is 3.17. The van der Waals surface area contributed by atoms with Crippen LogP contribution >= 0.6 is 0 Å². The Morgan fingerprint density at radius 1 is 0.964 bits per heavy atom. The maximum Gasteiger partial charge on any atom is 0.514 e. The standard InChI is InChI=1S/C43H55FO11Si/c1-9-56(10-2,11-3)55-30-23-43(49)37(53-38(47)29-20-16-13-17-21-29)35-41(8,31(44)22-32-42(35,25-51-32)54-27(5)45)36(46)34(33(26(30)4)40(43,6)7)52-39(48)50-24-28-18-14-12-15-19-28/h12-21,26,30-32,35,37,49H,9-11,22-25H2,1-8H3/t26?,30-,31+,32+,35-,37-,41+,42-,43+/m0/s1. The Morgan fingerprint density at radius 3 is 2.12 bits per heavy atom. The molecule has 3 aliphatic carbocycles. The van der Waals surface area contributed by atoms with Crippen molar-refractivity contribution in [2.75, 3.05) is 6.61 Å². The van der Waals surface area contributed by atoms with Gasteiger partial charge in [0.2, 0.25) is 5.78 Å². The number of allylic oxidation sites excluding steroid dienone is 1. The number of ether oxygens (including phenoxy) is 5. The van der Waals surface area contributed by atoms with Gasteiger partial charge in [-0.2, -0.15) is 0 Å². The van der Waals surface area contributed by atoms with E-state index in [0.717, 1.165) is 18.1 Å². The molecule has 0 amide bonds. The van der Waals surface area contributed by atoms with Crippen molar-refractivity contribution in [2.24, 2.45) is 22.7 Å². The minimum absolute atomic E-state index is 0.0999. The van der Waals surface area contributed by atoms with Crippen molar-refractivity contribution in [3.8, 4) is 0 Å². The number of hydrogen-bond acceptors (Lipinski definition) is 11. The van der Waals surface area contributed by atoms with Gasteiger partial charge in [0.15, 0.2) is 19.7 Å². The SMILES string of the molecule is CC[Si](CC)(CC)O[C@H]1C[C@@]2(O)[C@@H](OC(=O)c3ccccc3)[C@@H]3[C@]4(OC(C)=O)CO[C@@H]4C[C@@H](F)[C@@]3(C)C(=O)C(OC(=O)OCc3ccccc3)=C(C1C)C2(C)C. The van der Waals surface area contributed by atoms with E-state index in [4.69, 9.17) is 28.1 Å². The van der Waals surface area contributed by atoms with E-state index in [1.165, 1.54) is 13.8 Å². The number of carbonyl (C=O) groups excluding carboxylic acids is 4. The summed E-state index contributed by atoms with van der Waals surface area (Å²) in [6.45, 7) is 13.6.